The van der Waals surface area contributed by atoms with Crippen LogP contribution >= 0.6 is 22.6 Å². The van der Waals surface area contributed by atoms with Gasteiger partial charge in [0.1, 0.15) is 11.6 Å². The molecule has 0 heterocycles. The lowest BCUT2D eigenvalue weighted by molar-refractivity contribution is 0.0945. The van der Waals surface area contributed by atoms with Crippen LogP contribution in [-0.4, -0.2) is 50.0 Å². The van der Waals surface area contributed by atoms with Crippen molar-refractivity contribution in [3.05, 3.63) is 56.9 Å². The average Bonchev–Trinajstić information content (AvgIpc) is 2.72. The number of methoxy groups -OCH3 is 1. The SMILES string of the molecule is CCN(CC)CCNC(=O)c1cc([131I])c(NC(=O)c2ccc(F)cc2)cc1OC. The zero-order valence-electron chi connectivity index (χ0n) is 16.7. The minimum absolute atomic E-state index is 0.233. The van der Waals surface area contributed by atoms with Crippen LogP contribution in [0.4, 0.5) is 10.1 Å². The maximum atomic E-state index is 13.0. The first kappa shape index (κ1) is 23.1. The van der Waals surface area contributed by atoms with E-state index in [0.29, 0.717) is 32.7 Å². The molecule has 6 nitrogen and oxygen atoms in total. The standard InChI is InChI=1S/C21H25FIN3O3/c1-4-26(5-2)11-10-24-21(28)16-12-17(23)18(13-19(16)29-3)25-20(27)14-6-8-15(22)9-7-14/h6-9,12-13H,4-5,10-11H2,1-3H3,(H,24,28)(H,25,27)/i23+4. The van der Waals surface area contributed by atoms with E-state index in [1.807, 2.05) is 0 Å². The molecule has 0 aromatic heterocycles. The number of hydrogen-bond donors (Lipinski definition) is 2. The van der Waals surface area contributed by atoms with E-state index in [1.54, 1.807) is 12.1 Å². The second kappa shape index (κ2) is 11.1. The third kappa shape index (κ3) is 6.40. The lowest BCUT2D eigenvalue weighted by atomic mass is 10.1. The van der Waals surface area contributed by atoms with E-state index < -0.39 is 5.82 Å². The molecule has 2 aromatic rings. The highest BCUT2D eigenvalue weighted by Crippen LogP contribution is 2.29. The largest absolute Gasteiger partial charge is 0.496 e. The second-order valence-corrected chi connectivity index (χ2v) is 7.44. The minimum atomic E-state index is -0.408. The van der Waals surface area contributed by atoms with Crippen LogP contribution in [0.25, 0.3) is 0 Å². The van der Waals surface area contributed by atoms with Gasteiger partial charge in [-0.25, -0.2) is 4.39 Å². The van der Waals surface area contributed by atoms with E-state index in [4.69, 9.17) is 4.74 Å². The first-order chi connectivity index (χ1) is 13.9. The molecule has 0 aliphatic heterocycles. The number of nitrogens with zero attached hydrogens (tertiary/aromatic N) is 1. The number of nitrogens with one attached hydrogen (secondary N) is 2. The molecular weight excluding hydrogens is 492 g/mol. The van der Waals surface area contributed by atoms with Gasteiger partial charge in [-0.15, -0.1) is 0 Å². The van der Waals surface area contributed by atoms with Crippen molar-refractivity contribution in [2.45, 2.75) is 13.8 Å². The van der Waals surface area contributed by atoms with Gasteiger partial charge >= 0.3 is 0 Å². The summed E-state index contributed by atoms with van der Waals surface area (Å²) in [6.07, 6.45) is 0. The number of benzene rings is 2. The summed E-state index contributed by atoms with van der Waals surface area (Å²) in [5, 5.41) is 5.68. The molecule has 0 atom stereocenters. The normalized spacial score (nSPS) is 10.7. The molecular formula is C21H25FIN3O3. The smallest absolute Gasteiger partial charge is 0.255 e. The Hall–Kier alpha value is -2.20. The van der Waals surface area contributed by atoms with Crippen molar-refractivity contribution in [2.75, 3.05) is 38.6 Å². The van der Waals surface area contributed by atoms with Crippen LogP contribution in [0.3, 0.4) is 0 Å². The van der Waals surface area contributed by atoms with Gasteiger partial charge in [-0.05, 0) is 66.0 Å². The van der Waals surface area contributed by atoms with Crippen molar-refractivity contribution in [3.63, 3.8) is 0 Å². The van der Waals surface area contributed by atoms with Crippen molar-refractivity contribution >= 4 is 40.1 Å². The fourth-order valence-corrected chi connectivity index (χ4v) is 3.36. The summed E-state index contributed by atoms with van der Waals surface area (Å²) < 4.78 is 19.1. The highest BCUT2D eigenvalue weighted by Gasteiger charge is 2.17. The van der Waals surface area contributed by atoms with Gasteiger partial charge in [-0.1, -0.05) is 13.8 Å². The van der Waals surface area contributed by atoms with Crippen LogP contribution in [0.15, 0.2) is 36.4 Å². The Morgan fingerprint density at radius 2 is 1.76 bits per heavy atom. The Morgan fingerprint density at radius 3 is 2.34 bits per heavy atom. The second-order valence-electron chi connectivity index (χ2n) is 6.28. The van der Waals surface area contributed by atoms with Crippen LogP contribution in [-0.2, 0) is 0 Å². The predicted octanol–water partition coefficient (Wildman–Crippen LogP) is 3.76. The molecule has 2 rings (SSSR count). The number of carbonyl (C=O) groups is 2. The van der Waals surface area contributed by atoms with Crippen LogP contribution in [0.5, 0.6) is 5.75 Å². The molecule has 0 bridgehead atoms. The van der Waals surface area contributed by atoms with E-state index in [9.17, 15) is 14.0 Å². The molecule has 2 aromatic carbocycles. The van der Waals surface area contributed by atoms with Gasteiger partial charge in [-0.3, -0.25) is 9.59 Å². The van der Waals surface area contributed by atoms with Crippen LogP contribution in [0, 0.1) is 9.39 Å². The van der Waals surface area contributed by atoms with Crippen LogP contribution in [0.1, 0.15) is 34.6 Å². The highest BCUT2D eigenvalue weighted by molar-refractivity contribution is 14.1. The first-order valence-corrected chi connectivity index (χ1v) is 10.4. The number of ether oxygens (including phenoxy) is 1. The zero-order chi connectivity index (χ0) is 21.4. The molecule has 2 N–H and O–H groups in total. The average molecular weight is 517 g/mol. The van der Waals surface area contributed by atoms with Gasteiger partial charge < -0.3 is 20.3 Å². The van der Waals surface area contributed by atoms with E-state index in [2.05, 4.69) is 52.0 Å². The third-order valence-corrected chi connectivity index (χ3v) is 5.39. The summed E-state index contributed by atoms with van der Waals surface area (Å²) in [7, 11) is 1.47. The number of likely N-dealkylation sites (N-methyl/N-ethyl adjacent to an activating group) is 1. The minimum Gasteiger partial charge on any atom is -0.496 e. The molecule has 0 saturated heterocycles. The molecule has 0 radical (unpaired) electrons. The summed E-state index contributed by atoms with van der Waals surface area (Å²) in [5.74, 6) is -0.654. The summed E-state index contributed by atoms with van der Waals surface area (Å²) in [6, 6.07) is 8.56. The molecule has 8 heteroatoms. The van der Waals surface area contributed by atoms with Gasteiger partial charge in [-0.2, -0.15) is 0 Å². The molecule has 0 unspecified atom stereocenters. The Bertz CT molecular complexity index is 855. The van der Waals surface area contributed by atoms with Crippen molar-refractivity contribution in [2.24, 2.45) is 0 Å². The Morgan fingerprint density at radius 1 is 1.10 bits per heavy atom. The molecule has 0 aliphatic rings. The van der Waals surface area contributed by atoms with Crippen molar-refractivity contribution in [1.82, 2.24) is 10.2 Å². The van der Waals surface area contributed by atoms with Gasteiger partial charge in [0.2, 0.25) is 0 Å². The first-order valence-electron chi connectivity index (χ1n) is 9.34. The molecule has 0 saturated carbocycles. The summed E-state index contributed by atoms with van der Waals surface area (Å²) in [5.41, 5.74) is 1.24. The summed E-state index contributed by atoms with van der Waals surface area (Å²) in [4.78, 5) is 27.2. The maximum Gasteiger partial charge on any atom is 0.255 e. The monoisotopic (exact) mass is 517 g/mol. The Labute approximate surface area is 183 Å². The predicted molar refractivity (Wildman–Crippen MR) is 120 cm³/mol. The van der Waals surface area contributed by atoms with Crippen LogP contribution in [0.2, 0.25) is 0 Å². The highest BCUT2D eigenvalue weighted by atomic mass is 131. The van der Waals surface area contributed by atoms with Gasteiger partial charge in [0.25, 0.3) is 11.8 Å². The zero-order valence-corrected chi connectivity index (χ0v) is 18.9. The number of amides is 2. The van der Waals surface area contributed by atoms with E-state index in [1.165, 1.54) is 31.4 Å². The number of carbonyl (C=O) groups excluding carboxylic acids is 2. The van der Waals surface area contributed by atoms with Crippen LogP contribution < -0.4 is 15.4 Å². The number of anilines is 1. The molecule has 0 aliphatic carbocycles. The van der Waals surface area contributed by atoms with Gasteiger partial charge in [0.15, 0.2) is 0 Å². The lowest BCUT2D eigenvalue weighted by Crippen LogP contribution is -2.35. The topological polar surface area (TPSA) is 70.7 Å². The molecule has 29 heavy (non-hydrogen) atoms. The molecule has 0 fully saturated rings. The van der Waals surface area contributed by atoms with E-state index in [0.717, 1.165) is 19.6 Å². The van der Waals surface area contributed by atoms with E-state index in [-0.39, 0.29) is 11.8 Å². The third-order valence-electron chi connectivity index (χ3n) is 4.50. The Kier molecular flexibility index (Phi) is 8.84. The molecule has 156 valence electrons. The van der Waals surface area contributed by atoms with Crippen molar-refractivity contribution in [1.29, 1.82) is 0 Å². The number of hydrogen-bond acceptors (Lipinski definition) is 4. The quantitative estimate of drug-likeness (QED) is 0.498. The summed E-state index contributed by atoms with van der Waals surface area (Å²) >= 11 is 2.05. The molecule has 0 spiro atoms. The number of halogens is 2. The summed E-state index contributed by atoms with van der Waals surface area (Å²) in [6.45, 7) is 7.31. The van der Waals surface area contributed by atoms with Gasteiger partial charge in [0, 0.05) is 28.3 Å². The fourth-order valence-electron chi connectivity index (χ4n) is 2.75. The van der Waals surface area contributed by atoms with Crippen molar-refractivity contribution in [3.8, 4) is 5.75 Å². The van der Waals surface area contributed by atoms with E-state index >= 15 is 0 Å². The fraction of sp³-hybridized carbons (Fsp3) is 0.333. The molecule has 2 amide bonds. The Balaban J connectivity index is 2.12. The maximum absolute atomic E-state index is 13.0. The lowest BCUT2D eigenvalue weighted by Gasteiger charge is -2.18. The number of rotatable bonds is 9. The van der Waals surface area contributed by atoms with Crippen molar-refractivity contribution < 1.29 is 18.7 Å². The van der Waals surface area contributed by atoms with Gasteiger partial charge in [0.05, 0.1) is 18.4 Å².